The van der Waals surface area contributed by atoms with Gasteiger partial charge in [0.15, 0.2) is 0 Å². The fourth-order valence-electron chi connectivity index (χ4n) is 1.42. The molecule has 0 aliphatic heterocycles. The Morgan fingerprint density at radius 1 is 1.25 bits per heavy atom. The zero-order chi connectivity index (χ0) is 11.5. The standard InChI is InChI=1S/C12H11FN2O/c1-16-9-3-4-10(11(13)6-9)8-2-5-12(14)15-7-8/h2-7H,1H3,(H2,14,15). The first-order valence-electron chi connectivity index (χ1n) is 4.76. The van der Waals surface area contributed by atoms with Crippen molar-refractivity contribution in [2.24, 2.45) is 0 Å². The van der Waals surface area contributed by atoms with E-state index >= 15 is 0 Å². The number of nitrogens with zero attached hydrogens (tertiary/aromatic N) is 1. The van der Waals surface area contributed by atoms with Crippen LogP contribution in [0, 0.1) is 5.82 Å². The van der Waals surface area contributed by atoms with E-state index in [0.717, 1.165) is 0 Å². The van der Waals surface area contributed by atoms with Crippen molar-refractivity contribution in [2.45, 2.75) is 0 Å². The van der Waals surface area contributed by atoms with E-state index in [-0.39, 0.29) is 5.82 Å². The van der Waals surface area contributed by atoms with Crippen LogP contribution < -0.4 is 10.5 Å². The third-order valence-electron chi connectivity index (χ3n) is 2.27. The average molecular weight is 218 g/mol. The summed E-state index contributed by atoms with van der Waals surface area (Å²) in [5, 5.41) is 0. The minimum absolute atomic E-state index is 0.342. The Morgan fingerprint density at radius 2 is 2.06 bits per heavy atom. The third-order valence-corrected chi connectivity index (χ3v) is 2.27. The zero-order valence-corrected chi connectivity index (χ0v) is 8.77. The van der Waals surface area contributed by atoms with Gasteiger partial charge < -0.3 is 10.5 Å². The first-order chi connectivity index (χ1) is 7.70. The molecule has 16 heavy (non-hydrogen) atoms. The summed E-state index contributed by atoms with van der Waals surface area (Å²) < 4.78 is 18.6. The Kier molecular flexibility index (Phi) is 2.72. The molecule has 2 aromatic rings. The lowest BCUT2D eigenvalue weighted by atomic mass is 10.1. The number of hydrogen-bond acceptors (Lipinski definition) is 3. The molecule has 0 radical (unpaired) electrons. The summed E-state index contributed by atoms with van der Waals surface area (Å²) in [6, 6.07) is 8.06. The number of rotatable bonds is 2. The molecule has 4 heteroatoms. The van der Waals surface area contributed by atoms with Gasteiger partial charge in [0.2, 0.25) is 0 Å². The van der Waals surface area contributed by atoms with Crippen LogP contribution in [0.15, 0.2) is 36.5 Å². The second-order valence-electron chi connectivity index (χ2n) is 3.32. The summed E-state index contributed by atoms with van der Waals surface area (Å²) >= 11 is 0. The number of aromatic nitrogens is 1. The lowest BCUT2D eigenvalue weighted by molar-refractivity contribution is 0.411. The molecule has 0 aliphatic rings. The van der Waals surface area contributed by atoms with Crippen LogP contribution >= 0.6 is 0 Å². The molecule has 2 rings (SSSR count). The van der Waals surface area contributed by atoms with Crippen LogP contribution in [0.1, 0.15) is 0 Å². The third kappa shape index (κ3) is 1.95. The highest BCUT2D eigenvalue weighted by molar-refractivity contribution is 5.65. The largest absolute Gasteiger partial charge is 0.497 e. The molecule has 0 saturated heterocycles. The molecule has 0 spiro atoms. The van der Waals surface area contributed by atoms with Crippen molar-refractivity contribution in [1.29, 1.82) is 0 Å². The average Bonchev–Trinajstić information content (AvgIpc) is 2.30. The van der Waals surface area contributed by atoms with E-state index < -0.39 is 0 Å². The molecule has 0 amide bonds. The predicted molar refractivity (Wildman–Crippen MR) is 60.6 cm³/mol. The van der Waals surface area contributed by atoms with Crippen LogP contribution in [-0.4, -0.2) is 12.1 Å². The van der Waals surface area contributed by atoms with E-state index in [0.29, 0.717) is 22.7 Å². The van der Waals surface area contributed by atoms with Crippen molar-refractivity contribution in [1.82, 2.24) is 4.98 Å². The van der Waals surface area contributed by atoms with E-state index in [1.807, 2.05) is 0 Å². The summed E-state index contributed by atoms with van der Waals surface area (Å²) in [5.74, 6) is 0.563. The molecule has 0 saturated carbocycles. The highest BCUT2D eigenvalue weighted by atomic mass is 19.1. The maximum atomic E-state index is 13.7. The van der Waals surface area contributed by atoms with E-state index in [2.05, 4.69) is 4.98 Å². The van der Waals surface area contributed by atoms with Gasteiger partial charge in [-0.05, 0) is 24.3 Å². The van der Waals surface area contributed by atoms with Crippen molar-refractivity contribution in [3.63, 3.8) is 0 Å². The molecular formula is C12H11FN2O. The number of benzene rings is 1. The van der Waals surface area contributed by atoms with Crippen LogP contribution in [0.25, 0.3) is 11.1 Å². The Labute approximate surface area is 92.7 Å². The monoisotopic (exact) mass is 218 g/mol. The van der Waals surface area contributed by atoms with Gasteiger partial charge in [0, 0.05) is 23.4 Å². The van der Waals surface area contributed by atoms with Gasteiger partial charge in [-0.25, -0.2) is 9.37 Å². The van der Waals surface area contributed by atoms with Gasteiger partial charge in [-0.3, -0.25) is 0 Å². The van der Waals surface area contributed by atoms with Crippen molar-refractivity contribution in [3.05, 3.63) is 42.3 Å². The van der Waals surface area contributed by atoms with E-state index in [4.69, 9.17) is 10.5 Å². The quantitative estimate of drug-likeness (QED) is 0.842. The van der Waals surface area contributed by atoms with E-state index in [9.17, 15) is 4.39 Å². The first-order valence-corrected chi connectivity index (χ1v) is 4.76. The molecule has 3 nitrogen and oxygen atoms in total. The maximum Gasteiger partial charge on any atom is 0.134 e. The normalized spacial score (nSPS) is 10.1. The molecule has 1 heterocycles. The first kappa shape index (κ1) is 10.4. The molecule has 82 valence electrons. The Balaban J connectivity index is 2.44. The molecular weight excluding hydrogens is 207 g/mol. The number of anilines is 1. The lowest BCUT2D eigenvalue weighted by Crippen LogP contribution is -1.91. The predicted octanol–water partition coefficient (Wildman–Crippen LogP) is 2.48. The van der Waals surface area contributed by atoms with E-state index in [1.165, 1.54) is 13.2 Å². The van der Waals surface area contributed by atoms with Gasteiger partial charge in [0.1, 0.15) is 17.4 Å². The van der Waals surface area contributed by atoms with Gasteiger partial charge >= 0.3 is 0 Å². The second kappa shape index (κ2) is 4.18. The van der Waals surface area contributed by atoms with Gasteiger partial charge in [-0.2, -0.15) is 0 Å². The Morgan fingerprint density at radius 3 is 2.62 bits per heavy atom. The molecule has 1 aromatic carbocycles. The molecule has 1 aromatic heterocycles. The fraction of sp³-hybridized carbons (Fsp3) is 0.0833. The van der Waals surface area contributed by atoms with E-state index in [1.54, 1.807) is 30.5 Å². The minimum Gasteiger partial charge on any atom is -0.497 e. The van der Waals surface area contributed by atoms with Gasteiger partial charge in [-0.15, -0.1) is 0 Å². The topological polar surface area (TPSA) is 48.1 Å². The van der Waals surface area contributed by atoms with Crippen LogP contribution in [0.3, 0.4) is 0 Å². The van der Waals surface area contributed by atoms with Gasteiger partial charge in [0.05, 0.1) is 7.11 Å². The number of ether oxygens (including phenoxy) is 1. The number of methoxy groups -OCH3 is 1. The number of pyridine rings is 1. The molecule has 2 N–H and O–H groups in total. The summed E-state index contributed by atoms with van der Waals surface area (Å²) in [7, 11) is 1.50. The smallest absolute Gasteiger partial charge is 0.134 e. The van der Waals surface area contributed by atoms with Crippen LogP contribution in [0.2, 0.25) is 0 Å². The highest BCUT2D eigenvalue weighted by Gasteiger charge is 2.06. The second-order valence-corrected chi connectivity index (χ2v) is 3.32. The molecule has 0 fully saturated rings. The van der Waals surface area contributed by atoms with Crippen molar-refractivity contribution >= 4 is 5.82 Å². The zero-order valence-electron chi connectivity index (χ0n) is 8.77. The van der Waals surface area contributed by atoms with Crippen LogP contribution in [0.4, 0.5) is 10.2 Å². The summed E-state index contributed by atoms with van der Waals surface area (Å²) in [6.45, 7) is 0. The molecule has 0 aliphatic carbocycles. The SMILES string of the molecule is COc1ccc(-c2ccc(N)nc2)c(F)c1. The molecule has 0 atom stereocenters. The van der Waals surface area contributed by atoms with Gasteiger partial charge in [0.25, 0.3) is 0 Å². The fourth-order valence-corrected chi connectivity index (χ4v) is 1.42. The summed E-state index contributed by atoms with van der Waals surface area (Å²) in [4.78, 5) is 3.92. The van der Waals surface area contributed by atoms with Crippen LogP contribution in [-0.2, 0) is 0 Å². The minimum atomic E-state index is -0.342. The van der Waals surface area contributed by atoms with Crippen molar-refractivity contribution in [3.8, 4) is 16.9 Å². The van der Waals surface area contributed by atoms with Crippen molar-refractivity contribution < 1.29 is 9.13 Å². The van der Waals surface area contributed by atoms with Crippen molar-refractivity contribution in [2.75, 3.05) is 12.8 Å². The lowest BCUT2D eigenvalue weighted by Gasteiger charge is -2.05. The Hall–Kier alpha value is -2.10. The number of hydrogen-bond donors (Lipinski definition) is 1. The molecule has 0 unspecified atom stereocenters. The highest BCUT2D eigenvalue weighted by Crippen LogP contribution is 2.25. The summed E-state index contributed by atoms with van der Waals surface area (Å²) in [5.41, 5.74) is 6.63. The molecule has 0 bridgehead atoms. The Bertz CT molecular complexity index is 497. The van der Waals surface area contributed by atoms with Gasteiger partial charge in [-0.1, -0.05) is 0 Å². The number of nitrogens with two attached hydrogens (primary N) is 1. The number of halogens is 1. The number of nitrogen functional groups attached to an aromatic ring is 1. The summed E-state index contributed by atoms with van der Waals surface area (Å²) in [6.07, 6.45) is 1.54. The maximum absolute atomic E-state index is 13.7. The van der Waals surface area contributed by atoms with Crippen LogP contribution in [0.5, 0.6) is 5.75 Å².